The van der Waals surface area contributed by atoms with Crippen LogP contribution in [-0.4, -0.2) is 33.5 Å². The number of nitriles is 1. The van der Waals surface area contributed by atoms with Crippen molar-refractivity contribution in [3.63, 3.8) is 0 Å². The van der Waals surface area contributed by atoms with E-state index in [1.54, 1.807) is 42.9 Å². The Morgan fingerprint density at radius 2 is 2.07 bits per heavy atom. The van der Waals surface area contributed by atoms with E-state index >= 15 is 0 Å². The lowest BCUT2D eigenvalue weighted by atomic mass is 10.1. The average Bonchev–Trinajstić information content (AvgIpc) is 3.20. The monoisotopic (exact) mass is 473 g/mol. The maximum absolute atomic E-state index is 12.6. The minimum Gasteiger partial charge on any atom is -0.475 e. The van der Waals surface area contributed by atoms with E-state index in [4.69, 9.17) is 10.00 Å². The van der Waals surface area contributed by atoms with Crippen LogP contribution in [0.25, 0.3) is 0 Å². The number of amides is 1. The highest BCUT2D eigenvalue weighted by molar-refractivity contribution is 14.1. The first kappa shape index (κ1) is 18.8. The SMILES string of the molecule is N#Cc1cccnc1OCC(Cc1ncc[nH]1)NC(=O)c1ccc(I)cc1. The zero-order valence-electron chi connectivity index (χ0n) is 14.2. The third kappa shape index (κ3) is 5.27. The number of pyridine rings is 1. The molecular formula is C19H16IN5O2. The van der Waals surface area contributed by atoms with Crippen molar-refractivity contribution in [3.8, 4) is 11.9 Å². The first-order valence-corrected chi connectivity index (χ1v) is 9.26. The normalized spacial score (nSPS) is 11.4. The summed E-state index contributed by atoms with van der Waals surface area (Å²) < 4.78 is 6.76. The Balaban J connectivity index is 1.71. The van der Waals surface area contributed by atoms with Gasteiger partial charge in [0.25, 0.3) is 5.91 Å². The van der Waals surface area contributed by atoms with Crippen molar-refractivity contribution < 1.29 is 9.53 Å². The summed E-state index contributed by atoms with van der Waals surface area (Å²) in [5, 5.41) is 12.1. The number of ether oxygens (including phenoxy) is 1. The van der Waals surface area contributed by atoms with Gasteiger partial charge in [0.1, 0.15) is 24.1 Å². The Kier molecular flexibility index (Phi) is 6.38. The number of nitrogens with one attached hydrogen (secondary N) is 2. The number of halogens is 1. The van der Waals surface area contributed by atoms with Crippen LogP contribution in [0.3, 0.4) is 0 Å². The zero-order valence-corrected chi connectivity index (χ0v) is 16.4. The van der Waals surface area contributed by atoms with Gasteiger partial charge in [-0.1, -0.05) is 0 Å². The van der Waals surface area contributed by atoms with Crippen LogP contribution in [0.2, 0.25) is 0 Å². The maximum atomic E-state index is 12.6. The molecule has 27 heavy (non-hydrogen) atoms. The van der Waals surface area contributed by atoms with Crippen LogP contribution < -0.4 is 10.1 Å². The highest BCUT2D eigenvalue weighted by atomic mass is 127. The fourth-order valence-electron chi connectivity index (χ4n) is 2.44. The molecule has 0 aliphatic carbocycles. The lowest BCUT2D eigenvalue weighted by Gasteiger charge is -2.18. The molecule has 3 rings (SSSR count). The van der Waals surface area contributed by atoms with Crippen molar-refractivity contribution in [1.82, 2.24) is 20.3 Å². The van der Waals surface area contributed by atoms with Crippen LogP contribution in [-0.2, 0) is 6.42 Å². The van der Waals surface area contributed by atoms with Crippen molar-refractivity contribution in [2.24, 2.45) is 0 Å². The minimum absolute atomic E-state index is 0.155. The van der Waals surface area contributed by atoms with E-state index in [0.29, 0.717) is 17.5 Å². The van der Waals surface area contributed by atoms with Crippen molar-refractivity contribution in [2.75, 3.05) is 6.61 Å². The number of hydrogen-bond acceptors (Lipinski definition) is 5. The molecule has 1 unspecified atom stereocenters. The van der Waals surface area contributed by atoms with Crippen LogP contribution in [0.4, 0.5) is 0 Å². The molecule has 136 valence electrons. The summed E-state index contributed by atoms with van der Waals surface area (Å²) in [6.07, 6.45) is 5.39. The topological polar surface area (TPSA) is 104 Å². The fraction of sp³-hybridized carbons (Fsp3) is 0.158. The molecule has 0 fully saturated rings. The highest BCUT2D eigenvalue weighted by Gasteiger charge is 2.17. The Bertz CT molecular complexity index is 935. The Morgan fingerprint density at radius 3 is 2.78 bits per heavy atom. The third-order valence-electron chi connectivity index (χ3n) is 3.75. The number of rotatable bonds is 7. The third-order valence-corrected chi connectivity index (χ3v) is 4.47. The van der Waals surface area contributed by atoms with Gasteiger partial charge in [0, 0.05) is 34.1 Å². The second-order valence-electron chi connectivity index (χ2n) is 5.70. The van der Waals surface area contributed by atoms with Gasteiger partial charge in [0.2, 0.25) is 5.88 Å². The van der Waals surface area contributed by atoms with Gasteiger partial charge >= 0.3 is 0 Å². The number of aromatic amines is 1. The average molecular weight is 473 g/mol. The molecule has 0 aliphatic heterocycles. The van der Waals surface area contributed by atoms with Gasteiger partial charge in [0.15, 0.2) is 0 Å². The van der Waals surface area contributed by atoms with Gasteiger partial charge in [-0.2, -0.15) is 5.26 Å². The van der Waals surface area contributed by atoms with Crippen LogP contribution in [0.15, 0.2) is 55.0 Å². The number of carbonyl (C=O) groups excluding carboxylic acids is 1. The second kappa shape index (κ2) is 9.14. The summed E-state index contributed by atoms with van der Waals surface area (Å²) in [5.74, 6) is 0.772. The Hall–Kier alpha value is -2.93. The van der Waals surface area contributed by atoms with Crippen LogP contribution in [0.5, 0.6) is 5.88 Å². The number of imidazole rings is 1. The lowest BCUT2D eigenvalue weighted by molar-refractivity contribution is 0.0920. The summed E-state index contributed by atoms with van der Waals surface area (Å²) >= 11 is 2.19. The van der Waals surface area contributed by atoms with Crippen LogP contribution in [0, 0.1) is 14.9 Å². The molecular weight excluding hydrogens is 457 g/mol. The van der Waals surface area contributed by atoms with Gasteiger partial charge in [-0.25, -0.2) is 9.97 Å². The predicted molar refractivity (Wildman–Crippen MR) is 107 cm³/mol. The van der Waals surface area contributed by atoms with E-state index < -0.39 is 0 Å². The van der Waals surface area contributed by atoms with E-state index in [1.165, 1.54) is 0 Å². The molecule has 0 saturated heterocycles. The standard InChI is InChI=1S/C19H16IN5O2/c20-15-5-3-13(4-6-15)18(26)25-16(10-17-22-8-9-23-17)12-27-19-14(11-21)2-1-7-24-19/h1-9,16H,10,12H2,(H,22,23)(H,25,26). The number of aromatic nitrogens is 3. The smallest absolute Gasteiger partial charge is 0.251 e. The van der Waals surface area contributed by atoms with Crippen molar-refractivity contribution in [1.29, 1.82) is 5.26 Å². The first-order chi connectivity index (χ1) is 13.2. The van der Waals surface area contributed by atoms with Crippen LogP contribution in [0.1, 0.15) is 21.7 Å². The summed E-state index contributed by atoms with van der Waals surface area (Å²) in [6, 6.07) is 12.3. The molecule has 8 heteroatoms. The first-order valence-electron chi connectivity index (χ1n) is 8.18. The molecule has 1 atom stereocenters. The Labute approximate surface area is 169 Å². The van der Waals surface area contributed by atoms with Gasteiger partial charge < -0.3 is 15.0 Å². The number of carbonyl (C=O) groups is 1. The molecule has 2 aromatic heterocycles. The second-order valence-corrected chi connectivity index (χ2v) is 6.94. The summed E-state index contributed by atoms with van der Waals surface area (Å²) in [5.41, 5.74) is 0.911. The quantitative estimate of drug-likeness (QED) is 0.514. The molecule has 2 N–H and O–H groups in total. The summed E-state index contributed by atoms with van der Waals surface area (Å²) in [4.78, 5) is 23.9. The molecule has 0 radical (unpaired) electrons. The lowest BCUT2D eigenvalue weighted by Crippen LogP contribution is -2.41. The van der Waals surface area contributed by atoms with Gasteiger partial charge in [-0.3, -0.25) is 4.79 Å². The summed E-state index contributed by atoms with van der Waals surface area (Å²) in [6.45, 7) is 0.155. The molecule has 1 aromatic carbocycles. The number of benzene rings is 1. The molecule has 2 heterocycles. The summed E-state index contributed by atoms with van der Waals surface area (Å²) in [7, 11) is 0. The highest BCUT2D eigenvalue weighted by Crippen LogP contribution is 2.13. The Morgan fingerprint density at radius 1 is 1.26 bits per heavy atom. The van der Waals surface area contributed by atoms with Gasteiger partial charge in [-0.15, -0.1) is 0 Å². The van der Waals surface area contributed by atoms with E-state index in [9.17, 15) is 4.79 Å². The van der Waals surface area contributed by atoms with E-state index in [-0.39, 0.29) is 24.4 Å². The van der Waals surface area contributed by atoms with Gasteiger partial charge in [0.05, 0.1) is 6.04 Å². The molecule has 0 aliphatic rings. The largest absolute Gasteiger partial charge is 0.475 e. The van der Waals surface area contributed by atoms with E-state index in [1.807, 2.05) is 18.2 Å². The molecule has 1 amide bonds. The zero-order chi connectivity index (χ0) is 19.1. The molecule has 7 nitrogen and oxygen atoms in total. The van der Waals surface area contributed by atoms with Crippen molar-refractivity contribution in [2.45, 2.75) is 12.5 Å². The number of hydrogen-bond donors (Lipinski definition) is 2. The van der Waals surface area contributed by atoms with Crippen molar-refractivity contribution >= 4 is 28.5 Å². The van der Waals surface area contributed by atoms with Gasteiger partial charge in [-0.05, 0) is 59.0 Å². The molecule has 3 aromatic rings. The van der Waals surface area contributed by atoms with Crippen LogP contribution >= 0.6 is 22.6 Å². The number of nitrogens with zero attached hydrogens (tertiary/aromatic N) is 3. The van der Waals surface area contributed by atoms with E-state index in [2.05, 4.69) is 42.9 Å². The molecule has 0 spiro atoms. The van der Waals surface area contributed by atoms with E-state index in [0.717, 1.165) is 9.39 Å². The molecule has 0 saturated carbocycles. The predicted octanol–water partition coefficient (Wildman–Crippen LogP) is 2.70. The maximum Gasteiger partial charge on any atom is 0.251 e. The fourth-order valence-corrected chi connectivity index (χ4v) is 2.79. The molecule has 0 bridgehead atoms. The van der Waals surface area contributed by atoms with Crippen molar-refractivity contribution in [3.05, 3.63) is 75.5 Å². The minimum atomic E-state index is -0.350. The number of H-pyrrole nitrogens is 1.